The number of likely N-dealkylation sites (tertiary alicyclic amines) is 1. The molecule has 0 spiro atoms. The van der Waals surface area contributed by atoms with Crippen LogP contribution in [0.4, 0.5) is 11.6 Å². The van der Waals surface area contributed by atoms with E-state index in [-0.39, 0.29) is 33.9 Å². The van der Waals surface area contributed by atoms with Gasteiger partial charge in [0.1, 0.15) is 0 Å². The zero-order valence-corrected chi connectivity index (χ0v) is 22.8. The number of nitrogens with two attached hydrogens (primary N) is 3. The molecule has 0 radical (unpaired) electrons. The summed E-state index contributed by atoms with van der Waals surface area (Å²) in [6.45, 7) is 8.02. The Kier molecular flexibility index (Phi) is 9.37. The summed E-state index contributed by atoms with van der Waals surface area (Å²) in [4.78, 5) is 32.5. The Balaban J connectivity index is 1.39. The number of benzene rings is 1. The molecular weight excluding hydrogens is 504 g/mol. The van der Waals surface area contributed by atoms with E-state index >= 15 is 0 Å². The van der Waals surface area contributed by atoms with Crippen LogP contribution in [0.15, 0.2) is 35.3 Å². The van der Waals surface area contributed by atoms with E-state index in [0.29, 0.717) is 6.54 Å². The average Bonchev–Trinajstić information content (AvgIpc) is 2.91. The molecule has 0 aliphatic carbocycles. The van der Waals surface area contributed by atoms with Crippen LogP contribution in [0.2, 0.25) is 5.15 Å². The van der Waals surface area contributed by atoms with Gasteiger partial charge in [-0.3, -0.25) is 24.9 Å². The van der Waals surface area contributed by atoms with E-state index in [2.05, 4.69) is 66.3 Å². The number of nitrogen functional groups attached to an aromatic ring is 2. The van der Waals surface area contributed by atoms with Crippen LogP contribution in [0.1, 0.15) is 35.3 Å². The number of piperazine rings is 1. The van der Waals surface area contributed by atoms with Crippen LogP contribution >= 0.6 is 11.6 Å². The van der Waals surface area contributed by atoms with Crippen LogP contribution in [0, 0.1) is 5.41 Å². The van der Waals surface area contributed by atoms with Gasteiger partial charge in [0.2, 0.25) is 0 Å². The largest absolute Gasteiger partial charge is 0.382 e. The lowest BCUT2D eigenvalue weighted by Gasteiger charge is -2.43. The van der Waals surface area contributed by atoms with Crippen LogP contribution < -0.4 is 22.5 Å². The SMILES string of the molecule is CN1CCN(CN2CCC(CCc3ccccc3)(CN=C(N)NC(=O)c3nc(Cl)c(N)nc3N)CC2)CC1. The molecule has 7 N–H and O–H groups in total. The fourth-order valence-electron chi connectivity index (χ4n) is 5.06. The third kappa shape index (κ3) is 7.53. The molecule has 0 bridgehead atoms. The molecule has 0 unspecified atom stereocenters. The van der Waals surface area contributed by atoms with Crippen LogP contribution in [0.5, 0.6) is 0 Å². The molecule has 2 aliphatic rings. The smallest absolute Gasteiger partial charge is 0.280 e. The minimum Gasteiger partial charge on any atom is -0.382 e. The van der Waals surface area contributed by atoms with E-state index in [4.69, 9.17) is 28.8 Å². The molecule has 2 aromatic rings. The molecule has 2 aliphatic heterocycles. The first-order valence-corrected chi connectivity index (χ1v) is 13.5. The monoisotopic (exact) mass is 542 g/mol. The number of carbonyl (C=O) groups excluding carboxylic acids is 1. The standard InChI is InChI=1S/C26H39ClN10O/c1-35-13-15-37(16-14-35)18-36-11-9-26(10-12-36,8-7-19-5-3-2-4-6-19)17-31-25(30)34-24(38)20-22(28)33-23(29)21(27)32-20/h2-6H,7-18H2,1H3,(H4,28,29,33)(H3,30,31,34,38). The number of aryl methyl sites for hydroxylation is 1. The number of hydrogen-bond donors (Lipinski definition) is 4. The van der Waals surface area contributed by atoms with Crippen LogP contribution in [0.25, 0.3) is 0 Å². The molecule has 0 atom stereocenters. The van der Waals surface area contributed by atoms with Gasteiger partial charge < -0.3 is 22.1 Å². The number of nitrogens with one attached hydrogen (secondary N) is 1. The van der Waals surface area contributed by atoms with Gasteiger partial charge in [0.15, 0.2) is 28.4 Å². The molecule has 2 fully saturated rings. The van der Waals surface area contributed by atoms with Gasteiger partial charge in [-0.05, 0) is 56.8 Å². The van der Waals surface area contributed by atoms with Crippen LogP contribution in [-0.2, 0) is 6.42 Å². The zero-order chi connectivity index (χ0) is 27.1. The molecular formula is C26H39ClN10O. The van der Waals surface area contributed by atoms with Gasteiger partial charge in [-0.15, -0.1) is 0 Å². The number of hydrogen-bond acceptors (Lipinski definition) is 9. The predicted octanol–water partition coefficient (Wildman–Crippen LogP) is 1.26. The van der Waals surface area contributed by atoms with Gasteiger partial charge in [-0.1, -0.05) is 41.9 Å². The number of amides is 1. The zero-order valence-electron chi connectivity index (χ0n) is 22.1. The van der Waals surface area contributed by atoms with Crippen LogP contribution in [0.3, 0.4) is 0 Å². The first-order valence-electron chi connectivity index (χ1n) is 13.1. The maximum Gasteiger partial charge on any atom is 0.280 e. The fraction of sp³-hybridized carbons (Fsp3) is 0.538. The normalized spacial score (nSPS) is 19.4. The fourth-order valence-corrected chi connectivity index (χ4v) is 5.19. The number of guanidine groups is 1. The second-order valence-corrected chi connectivity index (χ2v) is 10.8. The van der Waals surface area contributed by atoms with Crippen LogP contribution in [-0.4, -0.2) is 96.1 Å². The minimum absolute atomic E-state index is 0.00680. The van der Waals surface area contributed by atoms with Crippen molar-refractivity contribution in [3.63, 3.8) is 0 Å². The summed E-state index contributed by atoms with van der Waals surface area (Å²) in [6, 6.07) is 10.5. The van der Waals surface area contributed by atoms with Crippen molar-refractivity contribution in [1.29, 1.82) is 0 Å². The molecule has 4 rings (SSSR count). The highest BCUT2D eigenvalue weighted by atomic mass is 35.5. The average molecular weight is 543 g/mol. The van der Waals surface area contributed by atoms with Crippen molar-refractivity contribution in [2.24, 2.45) is 16.1 Å². The lowest BCUT2D eigenvalue weighted by molar-refractivity contribution is 0.0372. The van der Waals surface area contributed by atoms with E-state index in [1.54, 1.807) is 0 Å². The molecule has 206 valence electrons. The number of piperidine rings is 1. The van der Waals surface area contributed by atoms with Crippen molar-refractivity contribution < 1.29 is 4.79 Å². The highest BCUT2D eigenvalue weighted by Crippen LogP contribution is 2.37. The summed E-state index contributed by atoms with van der Waals surface area (Å²) < 4.78 is 0. The summed E-state index contributed by atoms with van der Waals surface area (Å²) in [7, 11) is 2.18. The van der Waals surface area contributed by atoms with Crippen molar-refractivity contribution in [3.8, 4) is 0 Å². The molecule has 2 saturated heterocycles. The second kappa shape index (κ2) is 12.7. The molecule has 38 heavy (non-hydrogen) atoms. The van der Waals surface area contributed by atoms with Crippen molar-refractivity contribution in [3.05, 3.63) is 46.7 Å². The number of nitrogens with zero attached hydrogens (tertiary/aromatic N) is 6. The Labute approximate surface area is 229 Å². The summed E-state index contributed by atoms with van der Waals surface area (Å²) in [5.74, 6) is -0.771. The van der Waals surface area contributed by atoms with E-state index in [0.717, 1.165) is 71.6 Å². The second-order valence-electron chi connectivity index (χ2n) is 10.5. The van der Waals surface area contributed by atoms with Crippen molar-refractivity contribution >= 4 is 35.1 Å². The van der Waals surface area contributed by atoms with E-state index in [1.807, 2.05) is 6.07 Å². The summed E-state index contributed by atoms with van der Waals surface area (Å²) in [5, 5.41) is 2.47. The summed E-state index contributed by atoms with van der Waals surface area (Å²) in [5.41, 5.74) is 18.7. The number of aliphatic imine (C=N–C) groups is 1. The third-order valence-corrected chi connectivity index (χ3v) is 7.92. The van der Waals surface area contributed by atoms with Crippen molar-refractivity contribution in [2.75, 3.05) is 71.0 Å². The number of aromatic nitrogens is 2. The Hall–Kier alpha value is -2.99. The van der Waals surface area contributed by atoms with E-state index in [1.165, 1.54) is 5.56 Å². The summed E-state index contributed by atoms with van der Waals surface area (Å²) in [6.07, 6.45) is 4.00. The molecule has 1 aromatic carbocycles. The number of anilines is 2. The molecule has 0 saturated carbocycles. The number of carbonyl (C=O) groups is 1. The third-order valence-electron chi connectivity index (χ3n) is 7.65. The number of likely N-dealkylation sites (N-methyl/N-ethyl adjacent to an activating group) is 1. The van der Waals surface area contributed by atoms with Gasteiger partial charge in [-0.25, -0.2) is 9.97 Å². The molecule has 1 amide bonds. The van der Waals surface area contributed by atoms with Gasteiger partial charge in [0.25, 0.3) is 5.91 Å². The van der Waals surface area contributed by atoms with Gasteiger partial charge in [0, 0.05) is 32.7 Å². The molecule has 1 aromatic heterocycles. The van der Waals surface area contributed by atoms with Gasteiger partial charge >= 0.3 is 0 Å². The van der Waals surface area contributed by atoms with Crippen molar-refractivity contribution in [1.82, 2.24) is 30.0 Å². The quantitative estimate of drug-likeness (QED) is 0.285. The minimum atomic E-state index is -0.626. The summed E-state index contributed by atoms with van der Waals surface area (Å²) >= 11 is 5.91. The molecule has 3 heterocycles. The highest BCUT2D eigenvalue weighted by Gasteiger charge is 2.35. The molecule has 11 nitrogen and oxygen atoms in total. The Bertz CT molecular complexity index is 1110. The van der Waals surface area contributed by atoms with Gasteiger partial charge in [-0.2, -0.15) is 0 Å². The molecule has 12 heteroatoms. The lowest BCUT2D eigenvalue weighted by Crippen LogP contribution is -2.51. The maximum absolute atomic E-state index is 12.7. The first-order chi connectivity index (χ1) is 18.2. The number of halogens is 1. The maximum atomic E-state index is 12.7. The Morgan fingerprint density at radius 3 is 2.37 bits per heavy atom. The first kappa shape index (κ1) is 28.0. The van der Waals surface area contributed by atoms with Crippen molar-refractivity contribution in [2.45, 2.75) is 25.7 Å². The highest BCUT2D eigenvalue weighted by molar-refractivity contribution is 6.31. The Morgan fingerprint density at radius 1 is 1.03 bits per heavy atom. The van der Waals surface area contributed by atoms with E-state index < -0.39 is 5.91 Å². The Morgan fingerprint density at radius 2 is 1.68 bits per heavy atom. The van der Waals surface area contributed by atoms with E-state index in [9.17, 15) is 4.79 Å². The predicted molar refractivity (Wildman–Crippen MR) is 152 cm³/mol. The van der Waals surface area contributed by atoms with Gasteiger partial charge in [0.05, 0.1) is 6.67 Å². The topological polar surface area (TPSA) is 155 Å². The lowest BCUT2D eigenvalue weighted by atomic mass is 9.74. The number of rotatable bonds is 8.